The lowest BCUT2D eigenvalue weighted by molar-refractivity contribution is -0.129. The zero-order chi connectivity index (χ0) is 7.68. The standard InChI is InChI=1S/C9H14O2/c10-9(7-2-1-3-7)8-4-5-11-6-8/h7-8H,1-6H2. The summed E-state index contributed by atoms with van der Waals surface area (Å²) >= 11 is 0. The highest BCUT2D eigenvalue weighted by Gasteiger charge is 2.32. The van der Waals surface area contributed by atoms with Crippen molar-refractivity contribution in [3.63, 3.8) is 0 Å². The van der Waals surface area contributed by atoms with Crippen LogP contribution in [-0.4, -0.2) is 19.0 Å². The van der Waals surface area contributed by atoms with Gasteiger partial charge in [0.05, 0.1) is 6.61 Å². The van der Waals surface area contributed by atoms with Gasteiger partial charge in [-0.25, -0.2) is 0 Å². The van der Waals surface area contributed by atoms with Crippen LogP contribution in [0.4, 0.5) is 0 Å². The maximum absolute atomic E-state index is 11.5. The van der Waals surface area contributed by atoms with Crippen LogP contribution in [0.1, 0.15) is 25.7 Å². The van der Waals surface area contributed by atoms with Crippen LogP contribution in [0, 0.1) is 11.8 Å². The van der Waals surface area contributed by atoms with Crippen molar-refractivity contribution < 1.29 is 9.53 Å². The summed E-state index contributed by atoms with van der Waals surface area (Å²) in [4.78, 5) is 11.5. The summed E-state index contributed by atoms with van der Waals surface area (Å²) in [6.07, 6.45) is 4.49. The van der Waals surface area contributed by atoms with Gasteiger partial charge < -0.3 is 4.74 Å². The molecule has 0 N–H and O–H groups in total. The van der Waals surface area contributed by atoms with E-state index in [0.29, 0.717) is 18.3 Å². The lowest BCUT2D eigenvalue weighted by atomic mass is 9.78. The van der Waals surface area contributed by atoms with E-state index in [4.69, 9.17) is 4.74 Å². The van der Waals surface area contributed by atoms with Gasteiger partial charge in [0, 0.05) is 18.4 Å². The van der Waals surface area contributed by atoms with E-state index in [1.807, 2.05) is 0 Å². The quantitative estimate of drug-likeness (QED) is 0.600. The van der Waals surface area contributed by atoms with E-state index < -0.39 is 0 Å². The van der Waals surface area contributed by atoms with Gasteiger partial charge in [-0.1, -0.05) is 6.42 Å². The van der Waals surface area contributed by atoms with Crippen molar-refractivity contribution in [3.8, 4) is 0 Å². The molecule has 1 aliphatic carbocycles. The predicted molar refractivity (Wildman–Crippen MR) is 41.3 cm³/mol. The highest BCUT2D eigenvalue weighted by atomic mass is 16.5. The number of hydrogen-bond acceptors (Lipinski definition) is 2. The van der Waals surface area contributed by atoms with Crippen molar-refractivity contribution in [2.75, 3.05) is 13.2 Å². The summed E-state index contributed by atoms with van der Waals surface area (Å²) in [6, 6.07) is 0. The Labute approximate surface area is 66.9 Å². The van der Waals surface area contributed by atoms with Gasteiger partial charge in [0.2, 0.25) is 0 Å². The summed E-state index contributed by atoms with van der Waals surface area (Å²) in [5, 5.41) is 0. The van der Waals surface area contributed by atoms with Crippen LogP contribution in [0.25, 0.3) is 0 Å². The van der Waals surface area contributed by atoms with Crippen LogP contribution in [0.2, 0.25) is 0 Å². The maximum atomic E-state index is 11.5. The molecule has 62 valence electrons. The van der Waals surface area contributed by atoms with Gasteiger partial charge in [-0.15, -0.1) is 0 Å². The molecular weight excluding hydrogens is 140 g/mol. The average molecular weight is 154 g/mol. The molecule has 1 saturated heterocycles. The summed E-state index contributed by atoms with van der Waals surface area (Å²) in [5.41, 5.74) is 0. The van der Waals surface area contributed by atoms with Crippen LogP contribution in [0.5, 0.6) is 0 Å². The minimum atomic E-state index is 0.250. The number of rotatable bonds is 2. The first-order chi connectivity index (χ1) is 5.38. The Morgan fingerprint density at radius 1 is 1.18 bits per heavy atom. The molecule has 2 fully saturated rings. The normalized spacial score (nSPS) is 31.8. The molecule has 2 aliphatic rings. The second kappa shape index (κ2) is 2.94. The van der Waals surface area contributed by atoms with Crippen molar-refractivity contribution >= 4 is 5.78 Å². The zero-order valence-corrected chi connectivity index (χ0v) is 6.71. The number of ketones is 1. The van der Waals surface area contributed by atoms with Crippen LogP contribution in [0.15, 0.2) is 0 Å². The molecule has 1 atom stereocenters. The maximum Gasteiger partial charge on any atom is 0.141 e. The summed E-state index contributed by atoms with van der Waals surface area (Å²) in [7, 11) is 0. The number of ether oxygens (including phenoxy) is 1. The Bertz CT molecular complexity index is 155. The topological polar surface area (TPSA) is 26.3 Å². The molecule has 1 unspecified atom stereocenters. The largest absolute Gasteiger partial charge is 0.381 e. The van der Waals surface area contributed by atoms with Gasteiger partial charge in [0.15, 0.2) is 0 Å². The molecule has 0 amide bonds. The molecule has 0 aromatic heterocycles. The fraction of sp³-hybridized carbons (Fsp3) is 0.889. The third kappa shape index (κ3) is 1.32. The smallest absolute Gasteiger partial charge is 0.141 e. The lowest BCUT2D eigenvalue weighted by Crippen LogP contribution is -2.28. The van der Waals surface area contributed by atoms with Crippen molar-refractivity contribution in [2.45, 2.75) is 25.7 Å². The molecule has 1 heterocycles. The zero-order valence-electron chi connectivity index (χ0n) is 6.71. The molecule has 0 bridgehead atoms. The van der Waals surface area contributed by atoms with Crippen LogP contribution < -0.4 is 0 Å². The average Bonchev–Trinajstić information content (AvgIpc) is 2.32. The number of hydrogen-bond donors (Lipinski definition) is 0. The van der Waals surface area contributed by atoms with E-state index in [2.05, 4.69) is 0 Å². The fourth-order valence-electron chi connectivity index (χ4n) is 1.79. The SMILES string of the molecule is O=C(C1CCC1)C1CCOC1. The monoisotopic (exact) mass is 154 g/mol. The molecule has 1 aliphatic heterocycles. The van der Waals surface area contributed by atoms with E-state index >= 15 is 0 Å². The second-order valence-electron chi connectivity index (χ2n) is 3.59. The minimum absolute atomic E-state index is 0.250. The van der Waals surface area contributed by atoms with Gasteiger partial charge in [-0.2, -0.15) is 0 Å². The number of Topliss-reactive ketones (excluding diaryl/α,β-unsaturated/α-hetero) is 1. The minimum Gasteiger partial charge on any atom is -0.381 e. The van der Waals surface area contributed by atoms with Gasteiger partial charge in [-0.3, -0.25) is 4.79 Å². The highest BCUT2D eigenvalue weighted by molar-refractivity contribution is 5.84. The van der Waals surface area contributed by atoms with Gasteiger partial charge in [-0.05, 0) is 19.3 Å². The van der Waals surface area contributed by atoms with Gasteiger partial charge in [0.25, 0.3) is 0 Å². The van der Waals surface area contributed by atoms with E-state index in [-0.39, 0.29) is 5.92 Å². The van der Waals surface area contributed by atoms with Crippen LogP contribution in [0.3, 0.4) is 0 Å². The molecule has 0 radical (unpaired) electrons. The van der Waals surface area contributed by atoms with E-state index in [9.17, 15) is 4.79 Å². The van der Waals surface area contributed by atoms with Crippen LogP contribution >= 0.6 is 0 Å². The molecule has 2 heteroatoms. The Kier molecular flexibility index (Phi) is 1.95. The molecule has 2 nitrogen and oxygen atoms in total. The molecule has 0 aromatic carbocycles. The Morgan fingerprint density at radius 3 is 2.45 bits per heavy atom. The molecule has 0 aromatic rings. The fourth-order valence-corrected chi connectivity index (χ4v) is 1.79. The Morgan fingerprint density at radius 2 is 2.00 bits per heavy atom. The van der Waals surface area contributed by atoms with E-state index in [1.165, 1.54) is 6.42 Å². The van der Waals surface area contributed by atoms with Crippen LogP contribution in [-0.2, 0) is 9.53 Å². The predicted octanol–water partition coefficient (Wildman–Crippen LogP) is 1.39. The first-order valence-corrected chi connectivity index (χ1v) is 4.49. The third-order valence-corrected chi connectivity index (χ3v) is 2.84. The van der Waals surface area contributed by atoms with E-state index in [0.717, 1.165) is 25.9 Å². The van der Waals surface area contributed by atoms with Crippen molar-refractivity contribution in [3.05, 3.63) is 0 Å². The number of carbonyl (C=O) groups is 1. The Hall–Kier alpha value is -0.370. The van der Waals surface area contributed by atoms with Crippen molar-refractivity contribution in [1.82, 2.24) is 0 Å². The Balaban J connectivity index is 1.87. The molecule has 0 spiro atoms. The number of carbonyl (C=O) groups excluding carboxylic acids is 1. The van der Waals surface area contributed by atoms with Gasteiger partial charge in [0.1, 0.15) is 5.78 Å². The van der Waals surface area contributed by atoms with E-state index in [1.54, 1.807) is 0 Å². The first kappa shape index (κ1) is 7.29. The third-order valence-electron chi connectivity index (χ3n) is 2.84. The summed E-state index contributed by atoms with van der Waals surface area (Å²) in [6.45, 7) is 1.48. The molecular formula is C9H14O2. The second-order valence-corrected chi connectivity index (χ2v) is 3.59. The molecule has 1 saturated carbocycles. The highest BCUT2D eigenvalue weighted by Crippen LogP contribution is 2.31. The molecule has 11 heavy (non-hydrogen) atoms. The van der Waals surface area contributed by atoms with Gasteiger partial charge >= 0.3 is 0 Å². The molecule has 2 rings (SSSR count). The summed E-state index contributed by atoms with van der Waals surface area (Å²) in [5.74, 6) is 1.13. The lowest BCUT2D eigenvalue weighted by Gasteiger charge is -2.25. The first-order valence-electron chi connectivity index (χ1n) is 4.49. The summed E-state index contributed by atoms with van der Waals surface area (Å²) < 4.78 is 5.18. The van der Waals surface area contributed by atoms with Crippen molar-refractivity contribution in [2.24, 2.45) is 11.8 Å². The van der Waals surface area contributed by atoms with Crippen molar-refractivity contribution in [1.29, 1.82) is 0 Å².